The van der Waals surface area contributed by atoms with Gasteiger partial charge in [0.25, 0.3) is 10.0 Å². The Balaban J connectivity index is 1.88. The SMILES string of the molecule is CC[C@H](C)n1cnc(S(=O)(=O)Nc2ccc3ncccc3c2)c1. The lowest BCUT2D eigenvalue weighted by atomic mass is 10.2. The monoisotopic (exact) mass is 330 g/mol. The molecule has 1 N–H and O–H groups in total. The molecule has 0 amide bonds. The molecule has 0 saturated heterocycles. The van der Waals surface area contributed by atoms with E-state index in [9.17, 15) is 8.42 Å². The average molecular weight is 330 g/mol. The minimum atomic E-state index is -3.71. The molecule has 1 atom stereocenters. The van der Waals surface area contributed by atoms with Crippen LogP contribution in [0.5, 0.6) is 0 Å². The Morgan fingerprint density at radius 2 is 2.09 bits per heavy atom. The Labute approximate surface area is 135 Å². The van der Waals surface area contributed by atoms with E-state index in [0.717, 1.165) is 17.3 Å². The van der Waals surface area contributed by atoms with Gasteiger partial charge in [0, 0.05) is 29.5 Å². The van der Waals surface area contributed by atoms with Gasteiger partial charge in [0.15, 0.2) is 5.03 Å². The highest BCUT2D eigenvalue weighted by atomic mass is 32.2. The fraction of sp³-hybridized carbons (Fsp3) is 0.250. The van der Waals surface area contributed by atoms with Gasteiger partial charge in [-0.1, -0.05) is 13.0 Å². The zero-order chi connectivity index (χ0) is 16.4. The molecule has 120 valence electrons. The van der Waals surface area contributed by atoms with Crippen LogP contribution in [-0.2, 0) is 10.0 Å². The van der Waals surface area contributed by atoms with Gasteiger partial charge < -0.3 is 4.57 Å². The molecule has 7 heteroatoms. The Morgan fingerprint density at radius 3 is 2.87 bits per heavy atom. The molecule has 0 aliphatic heterocycles. The van der Waals surface area contributed by atoms with E-state index in [1.54, 1.807) is 41.5 Å². The summed E-state index contributed by atoms with van der Waals surface area (Å²) in [5.41, 5.74) is 1.31. The van der Waals surface area contributed by atoms with Crippen LogP contribution in [-0.4, -0.2) is 23.0 Å². The first-order valence-corrected chi connectivity index (χ1v) is 8.89. The summed E-state index contributed by atoms with van der Waals surface area (Å²) in [5.74, 6) is 0. The maximum absolute atomic E-state index is 12.5. The second-order valence-electron chi connectivity index (χ2n) is 5.43. The van der Waals surface area contributed by atoms with Crippen LogP contribution < -0.4 is 4.72 Å². The second kappa shape index (κ2) is 6.00. The molecule has 23 heavy (non-hydrogen) atoms. The minimum absolute atomic E-state index is 0.0177. The molecule has 2 aromatic heterocycles. The third kappa shape index (κ3) is 3.19. The molecule has 0 bridgehead atoms. The van der Waals surface area contributed by atoms with Crippen molar-refractivity contribution in [2.75, 3.05) is 4.72 Å². The van der Waals surface area contributed by atoms with Crippen molar-refractivity contribution in [3.05, 3.63) is 49.1 Å². The van der Waals surface area contributed by atoms with Gasteiger partial charge in [0.2, 0.25) is 0 Å². The molecular weight excluding hydrogens is 312 g/mol. The highest BCUT2D eigenvalue weighted by molar-refractivity contribution is 7.92. The molecule has 0 fully saturated rings. The number of hydrogen-bond donors (Lipinski definition) is 1. The van der Waals surface area contributed by atoms with Gasteiger partial charge in [-0.25, -0.2) is 4.98 Å². The van der Waals surface area contributed by atoms with Crippen LogP contribution in [0.25, 0.3) is 10.9 Å². The van der Waals surface area contributed by atoms with Crippen LogP contribution in [0.3, 0.4) is 0 Å². The van der Waals surface area contributed by atoms with Crippen LogP contribution in [0.1, 0.15) is 26.3 Å². The quantitative estimate of drug-likeness (QED) is 0.779. The smallest absolute Gasteiger partial charge is 0.280 e. The molecule has 0 unspecified atom stereocenters. The number of rotatable bonds is 5. The van der Waals surface area contributed by atoms with Crippen molar-refractivity contribution < 1.29 is 8.42 Å². The summed E-state index contributed by atoms with van der Waals surface area (Å²) in [4.78, 5) is 8.23. The second-order valence-corrected chi connectivity index (χ2v) is 7.06. The molecule has 0 saturated carbocycles. The predicted molar refractivity (Wildman–Crippen MR) is 89.8 cm³/mol. The van der Waals surface area contributed by atoms with Gasteiger partial charge >= 0.3 is 0 Å². The summed E-state index contributed by atoms with van der Waals surface area (Å²) in [7, 11) is -3.71. The first kappa shape index (κ1) is 15.5. The molecular formula is C16H18N4O2S. The average Bonchev–Trinajstić information content (AvgIpc) is 3.04. The van der Waals surface area contributed by atoms with Gasteiger partial charge in [-0.2, -0.15) is 8.42 Å². The molecule has 6 nitrogen and oxygen atoms in total. The van der Waals surface area contributed by atoms with E-state index >= 15 is 0 Å². The Hall–Kier alpha value is -2.41. The zero-order valence-corrected chi connectivity index (χ0v) is 13.8. The van der Waals surface area contributed by atoms with E-state index in [2.05, 4.69) is 14.7 Å². The number of nitrogens with one attached hydrogen (secondary N) is 1. The third-order valence-electron chi connectivity index (χ3n) is 3.81. The van der Waals surface area contributed by atoms with Crippen LogP contribution in [0, 0.1) is 0 Å². The number of nitrogens with zero attached hydrogens (tertiary/aromatic N) is 3. The molecule has 0 aliphatic rings. The summed E-state index contributed by atoms with van der Waals surface area (Å²) in [6.45, 7) is 4.06. The number of imidazole rings is 1. The number of fused-ring (bicyclic) bond motifs is 1. The third-order valence-corrected chi connectivity index (χ3v) is 5.07. The topological polar surface area (TPSA) is 76.9 Å². The van der Waals surface area contributed by atoms with Crippen LogP contribution >= 0.6 is 0 Å². The molecule has 3 rings (SSSR count). The fourth-order valence-electron chi connectivity index (χ4n) is 2.25. The standard InChI is InChI=1S/C16H18N4O2S/c1-3-12(2)20-10-16(18-11-20)23(21,22)19-14-6-7-15-13(9-14)5-4-8-17-15/h4-12,19H,3H2,1-2H3/t12-/m0/s1. The summed E-state index contributed by atoms with van der Waals surface area (Å²) < 4.78 is 29.3. The molecule has 0 spiro atoms. The first-order valence-electron chi connectivity index (χ1n) is 7.40. The van der Waals surface area contributed by atoms with E-state index < -0.39 is 10.0 Å². The summed E-state index contributed by atoms with van der Waals surface area (Å²) in [5, 5.41) is 0.891. The molecule has 0 aliphatic carbocycles. The number of aromatic nitrogens is 3. The summed E-state index contributed by atoms with van der Waals surface area (Å²) >= 11 is 0. The Morgan fingerprint density at radius 1 is 1.26 bits per heavy atom. The van der Waals surface area contributed by atoms with Gasteiger partial charge in [0.1, 0.15) is 0 Å². The molecule has 1 aromatic carbocycles. The van der Waals surface area contributed by atoms with Crippen molar-refractivity contribution in [3.8, 4) is 0 Å². The van der Waals surface area contributed by atoms with Crippen LogP contribution in [0.2, 0.25) is 0 Å². The fourth-order valence-corrected chi connectivity index (χ4v) is 3.24. The number of pyridine rings is 1. The van der Waals surface area contributed by atoms with Crippen molar-refractivity contribution in [2.24, 2.45) is 0 Å². The lowest BCUT2D eigenvalue weighted by molar-refractivity contribution is 0.529. The summed E-state index contributed by atoms with van der Waals surface area (Å²) in [6, 6.07) is 9.14. The number of benzene rings is 1. The number of hydrogen-bond acceptors (Lipinski definition) is 4. The van der Waals surface area contributed by atoms with Crippen molar-refractivity contribution in [3.63, 3.8) is 0 Å². The predicted octanol–water partition coefficient (Wildman–Crippen LogP) is 3.20. The lowest BCUT2D eigenvalue weighted by Crippen LogP contribution is -2.13. The highest BCUT2D eigenvalue weighted by Crippen LogP contribution is 2.20. The zero-order valence-electron chi connectivity index (χ0n) is 13.0. The van der Waals surface area contributed by atoms with E-state index in [4.69, 9.17) is 0 Å². The van der Waals surface area contributed by atoms with E-state index in [-0.39, 0.29) is 11.1 Å². The molecule has 0 radical (unpaired) electrons. The van der Waals surface area contributed by atoms with Crippen molar-refractivity contribution in [1.82, 2.24) is 14.5 Å². The maximum atomic E-state index is 12.5. The summed E-state index contributed by atoms with van der Waals surface area (Å²) in [6.07, 6.45) is 5.71. The van der Waals surface area contributed by atoms with Crippen molar-refractivity contribution in [1.29, 1.82) is 0 Å². The van der Waals surface area contributed by atoms with Gasteiger partial charge in [-0.15, -0.1) is 0 Å². The normalized spacial score (nSPS) is 13.1. The maximum Gasteiger partial charge on any atom is 0.280 e. The lowest BCUT2D eigenvalue weighted by Gasteiger charge is -2.09. The van der Waals surface area contributed by atoms with Gasteiger partial charge in [-0.05, 0) is 37.6 Å². The van der Waals surface area contributed by atoms with Crippen molar-refractivity contribution >= 4 is 26.6 Å². The van der Waals surface area contributed by atoms with Gasteiger partial charge in [0.05, 0.1) is 11.8 Å². The van der Waals surface area contributed by atoms with Crippen LogP contribution in [0.4, 0.5) is 5.69 Å². The van der Waals surface area contributed by atoms with Crippen molar-refractivity contribution in [2.45, 2.75) is 31.3 Å². The highest BCUT2D eigenvalue weighted by Gasteiger charge is 2.18. The molecule has 2 heterocycles. The Kier molecular flexibility index (Phi) is 4.04. The number of sulfonamides is 1. The van der Waals surface area contributed by atoms with E-state index in [1.807, 2.05) is 26.0 Å². The Bertz CT molecular complexity index is 934. The largest absolute Gasteiger partial charge is 0.333 e. The van der Waals surface area contributed by atoms with Crippen LogP contribution in [0.15, 0.2) is 54.1 Å². The van der Waals surface area contributed by atoms with E-state index in [0.29, 0.717) is 5.69 Å². The number of anilines is 1. The minimum Gasteiger partial charge on any atom is -0.333 e. The first-order chi connectivity index (χ1) is 11.0. The van der Waals surface area contributed by atoms with Gasteiger partial charge in [-0.3, -0.25) is 9.71 Å². The van der Waals surface area contributed by atoms with E-state index in [1.165, 1.54) is 0 Å². The molecule has 3 aromatic rings.